The summed E-state index contributed by atoms with van der Waals surface area (Å²) in [5.74, 6) is -0.294. The number of ether oxygens (including phenoxy) is 4. The molecule has 0 bridgehead atoms. The number of nitrogens with one attached hydrogen (secondary N) is 2. The molecule has 4 fully saturated rings. The van der Waals surface area contributed by atoms with Crippen LogP contribution in [0.2, 0.25) is 0 Å². The molecule has 8 atom stereocenters. The molecular weight excluding hydrogens is 562 g/mol. The standard InChI is InChI=1S/C34H53N3O7/c1-21(7-14-31-22(2)16-30(24(4)43-31)37-32(39)15-8-23(3)42-25(5)38)6-13-28-18-34(20-41-34)19-29(44-28)17-33(40)36-27-11-9-26(35)10-12-27/h6-8,13,15,22-24,26-31H,9-12,14,16-20,35H2,1-5H3,(H,36,40)(H,37,39)/b13-6+,15-8-,21-7+/t22-,23-,24+,26?,27?,28+,29+,30+,31-,34+/m0/s1. The minimum absolute atomic E-state index is 0.0509. The fourth-order valence-electron chi connectivity index (χ4n) is 6.63. The number of carbonyl (C=O) groups excluding carboxylic acids is 3. The van der Waals surface area contributed by atoms with Gasteiger partial charge >= 0.3 is 5.97 Å². The lowest BCUT2D eigenvalue weighted by Crippen LogP contribution is -2.50. The fraction of sp³-hybridized carbons (Fsp3) is 0.735. The summed E-state index contributed by atoms with van der Waals surface area (Å²) in [6.07, 6.45) is 15.9. The summed E-state index contributed by atoms with van der Waals surface area (Å²) in [6, 6.07) is 0.383. The Bertz CT molecular complexity index is 1090. The van der Waals surface area contributed by atoms with E-state index >= 15 is 0 Å². The molecule has 4 rings (SSSR count). The Labute approximate surface area is 262 Å². The molecule has 3 heterocycles. The summed E-state index contributed by atoms with van der Waals surface area (Å²) in [4.78, 5) is 36.2. The SMILES string of the molecule is CC(=O)O[C@@H](C)/C=C\C(=O)N[C@@H]1C[C@H](C)[C@H](C/C=C(C)/C=C/[C@@H]2C[C@]3(CO3)C[C@@H](CC(=O)NC3CCC(N)CC3)O2)O[C@@H]1C. The number of allylic oxidation sites excluding steroid dienone is 2. The van der Waals surface area contributed by atoms with Crippen molar-refractivity contribution in [3.8, 4) is 0 Å². The van der Waals surface area contributed by atoms with Gasteiger partial charge in [-0.15, -0.1) is 0 Å². The minimum atomic E-state index is -0.460. The zero-order chi connectivity index (χ0) is 31.9. The largest absolute Gasteiger partial charge is 0.459 e. The van der Waals surface area contributed by atoms with Crippen LogP contribution in [0.5, 0.6) is 0 Å². The summed E-state index contributed by atoms with van der Waals surface area (Å²) in [7, 11) is 0. The molecule has 4 aliphatic rings. The van der Waals surface area contributed by atoms with Crippen molar-refractivity contribution in [3.63, 3.8) is 0 Å². The van der Waals surface area contributed by atoms with Crippen LogP contribution in [-0.4, -0.2) is 78.6 Å². The minimum Gasteiger partial charge on any atom is -0.459 e. The molecule has 10 heteroatoms. The summed E-state index contributed by atoms with van der Waals surface area (Å²) in [6.45, 7) is 10.00. The Morgan fingerprint density at radius 3 is 2.45 bits per heavy atom. The first-order valence-corrected chi connectivity index (χ1v) is 16.4. The van der Waals surface area contributed by atoms with Crippen molar-refractivity contribution < 1.29 is 33.3 Å². The van der Waals surface area contributed by atoms with Crippen molar-refractivity contribution in [1.82, 2.24) is 10.6 Å². The summed E-state index contributed by atoms with van der Waals surface area (Å²) in [5, 5.41) is 6.22. The predicted octanol–water partition coefficient (Wildman–Crippen LogP) is 3.78. The van der Waals surface area contributed by atoms with Gasteiger partial charge in [0.1, 0.15) is 6.10 Å². The maximum Gasteiger partial charge on any atom is 0.303 e. The highest BCUT2D eigenvalue weighted by Crippen LogP contribution is 2.43. The van der Waals surface area contributed by atoms with Crippen LogP contribution in [0.1, 0.15) is 92.4 Å². The maximum atomic E-state index is 12.8. The molecule has 0 unspecified atom stereocenters. The van der Waals surface area contributed by atoms with Gasteiger partial charge in [0.25, 0.3) is 0 Å². The van der Waals surface area contributed by atoms with Gasteiger partial charge in [-0.1, -0.05) is 30.7 Å². The number of rotatable bonds is 11. The first-order chi connectivity index (χ1) is 20.9. The molecule has 1 aliphatic carbocycles. The van der Waals surface area contributed by atoms with E-state index in [0.717, 1.165) is 63.5 Å². The number of nitrogens with two attached hydrogens (primary N) is 1. The molecule has 10 nitrogen and oxygen atoms in total. The molecule has 0 aromatic heterocycles. The van der Waals surface area contributed by atoms with Crippen molar-refractivity contribution in [2.75, 3.05) is 6.61 Å². The Hall–Kier alpha value is -2.53. The van der Waals surface area contributed by atoms with E-state index in [-0.39, 0.29) is 71.8 Å². The number of hydrogen-bond donors (Lipinski definition) is 3. The molecule has 246 valence electrons. The van der Waals surface area contributed by atoms with Crippen molar-refractivity contribution in [1.29, 1.82) is 0 Å². The van der Waals surface area contributed by atoms with Gasteiger partial charge in [0.2, 0.25) is 11.8 Å². The lowest BCUT2D eigenvalue weighted by atomic mass is 9.88. The molecule has 1 saturated carbocycles. The van der Waals surface area contributed by atoms with Gasteiger partial charge in [0.05, 0.1) is 49.1 Å². The topological polar surface area (TPSA) is 142 Å². The van der Waals surface area contributed by atoms with Gasteiger partial charge in [-0.25, -0.2) is 0 Å². The van der Waals surface area contributed by atoms with Gasteiger partial charge in [0, 0.05) is 37.9 Å². The zero-order valence-corrected chi connectivity index (χ0v) is 27.1. The molecule has 44 heavy (non-hydrogen) atoms. The van der Waals surface area contributed by atoms with E-state index in [2.05, 4.69) is 42.7 Å². The van der Waals surface area contributed by atoms with Crippen LogP contribution in [0.3, 0.4) is 0 Å². The lowest BCUT2D eigenvalue weighted by molar-refractivity contribution is -0.143. The number of epoxide rings is 1. The highest BCUT2D eigenvalue weighted by atomic mass is 16.6. The average molecular weight is 616 g/mol. The second-order valence-electron chi connectivity index (χ2n) is 13.5. The van der Waals surface area contributed by atoms with E-state index in [1.54, 1.807) is 13.0 Å². The van der Waals surface area contributed by atoms with Gasteiger partial charge in [-0.2, -0.15) is 0 Å². The van der Waals surface area contributed by atoms with E-state index in [1.165, 1.54) is 13.0 Å². The molecule has 4 N–H and O–H groups in total. The summed E-state index contributed by atoms with van der Waals surface area (Å²) >= 11 is 0. The fourth-order valence-corrected chi connectivity index (χ4v) is 6.63. The Morgan fingerprint density at radius 1 is 1.05 bits per heavy atom. The van der Waals surface area contributed by atoms with E-state index in [4.69, 9.17) is 24.7 Å². The monoisotopic (exact) mass is 615 g/mol. The van der Waals surface area contributed by atoms with Crippen molar-refractivity contribution >= 4 is 17.8 Å². The Morgan fingerprint density at radius 2 is 1.77 bits per heavy atom. The summed E-state index contributed by atoms with van der Waals surface area (Å²) in [5.41, 5.74) is 6.97. The third-order valence-corrected chi connectivity index (χ3v) is 9.30. The normalized spacial score (nSPS) is 36.7. The summed E-state index contributed by atoms with van der Waals surface area (Å²) < 4.78 is 23.5. The van der Waals surface area contributed by atoms with E-state index in [1.807, 2.05) is 6.92 Å². The molecular formula is C34H53N3O7. The molecule has 0 aromatic rings. The molecule has 0 aromatic carbocycles. The van der Waals surface area contributed by atoms with Crippen molar-refractivity contribution in [3.05, 3.63) is 36.0 Å². The Kier molecular flexibility index (Phi) is 12.2. The Balaban J connectivity index is 1.22. The van der Waals surface area contributed by atoms with E-state index in [0.29, 0.717) is 6.42 Å². The zero-order valence-electron chi connectivity index (χ0n) is 27.1. The predicted molar refractivity (Wildman–Crippen MR) is 167 cm³/mol. The highest BCUT2D eigenvalue weighted by molar-refractivity contribution is 5.87. The van der Waals surface area contributed by atoms with Crippen LogP contribution < -0.4 is 16.4 Å². The van der Waals surface area contributed by atoms with Crippen LogP contribution >= 0.6 is 0 Å². The third kappa shape index (κ3) is 10.8. The van der Waals surface area contributed by atoms with Crippen LogP contribution in [0.4, 0.5) is 0 Å². The van der Waals surface area contributed by atoms with Crippen LogP contribution in [-0.2, 0) is 33.3 Å². The van der Waals surface area contributed by atoms with Crippen molar-refractivity contribution in [2.24, 2.45) is 11.7 Å². The molecule has 3 saturated heterocycles. The van der Waals surface area contributed by atoms with Gasteiger partial charge in [0.15, 0.2) is 0 Å². The van der Waals surface area contributed by atoms with Gasteiger partial charge < -0.3 is 35.3 Å². The smallest absolute Gasteiger partial charge is 0.303 e. The quantitative estimate of drug-likeness (QED) is 0.138. The second-order valence-corrected chi connectivity index (χ2v) is 13.5. The average Bonchev–Trinajstić information content (AvgIpc) is 3.69. The maximum absolute atomic E-state index is 12.8. The first-order valence-electron chi connectivity index (χ1n) is 16.4. The molecule has 1 spiro atoms. The van der Waals surface area contributed by atoms with Crippen molar-refractivity contribution in [2.45, 2.75) is 147 Å². The number of carbonyl (C=O) groups is 3. The number of amides is 2. The van der Waals surface area contributed by atoms with Gasteiger partial charge in [-0.3, -0.25) is 14.4 Å². The van der Waals surface area contributed by atoms with E-state index in [9.17, 15) is 14.4 Å². The highest BCUT2D eigenvalue weighted by Gasteiger charge is 2.51. The number of hydrogen-bond acceptors (Lipinski definition) is 8. The molecule has 3 aliphatic heterocycles. The lowest BCUT2D eigenvalue weighted by Gasteiger charge is -2.39. The van der Waals surface area contributed by atoms with Crippen LogP contribution in [0.25, 0.3) is 0 Å². The van der Waals surface area contributed by atoms with E-state index < -0.39 is 6.10 Å². The van der Waals surface area contributed by atoms with Gasteiger partial charge in [-0.05, 0) is 71.3 Å². The second kappa shape index (κ2) is 15.7. The molecule has 0 radical (unpaired) electrons. The first kappa shape index (κ1) is 34.3. The van der Waals surface area contributed by atoms with Crippen LogP contribution in [0, 0.1) is 5.92 Å². The number of esters is 1. The van der Waals surface area contributed by atoms with Crippen LogP contribution in [0.15, 0.2) is 36.0 Å². The molecule has 2 amide bonds. The third-order valence-electron chi connectivity index (χ3n) is 9.30.